The van der Waals surface area contributed by atoms with Crippen molar-refractivity contribution in [2.24, 2.45) is 0 Å². The summed E-state index contributed by atoms with van der Waals surface area (Å²) in [5, 5.41) is 3.57. The summed E-state index contributed by atoms with van der Waals surface area (Å²) in [5.41, 5.74) is 3.84. The largest absolute Gasteiger partial charge is 0.496 e. The Balaban J connectivity index is 1.76. The summed E-state index contributed by atoms with van der Waals surface area (Å²) in [6.07, 6.45) is 4.80. The molecule has 0 radical (unpaired) electrons. The molecule has 0 spiro atoms. The van der Waals surface area contributed by atoms with Crippen LogP contribution in [0.15, 0.2) is 36.5 Å². The van der Waals surface area contributed by atoms with E-state index < -0.39 is 0 Å². The van der Waals surface area contributed by atoms with Gasteiger partial charge in [0.25, 0.3) is 0 Å². The molecular formula is C17H22N2O. The van der Waals surface area contributed by atoms with Gasteiger partial charge in [-0.05, 0) is 38.0 Å². The van der Waals surface area contributed by atoms with E-state index in [-0.39, 0.29) is 0 Å². The van der Waals surface area contributed by atoms with Gasteiger partial charge < -0.3 is 14.6 Å². The third-order valence-corrected chi connectivity index (χ3v) is 3.85. The van der Waals surface area contributed by atoms with Crippen LogP contribution < -0.4 is 10.1 Å². The molecule has 1 N–H and O–H groups in total. The van der Waals surface area contributed by atoms with Crippen LogP contribution in [0.4, 0.5) is 0 Å². The van der Waals surface area contributed by atoms with Gasteiger partial charge in [0, 0.05) is 30.0 Å². The molecule has 1 saturated carbocycles. The Kier molecular flexibility index (Phi) is 3.79. The summed E-state index contributed by atoms with van der Waals surface area (Å²) in [5.74, 6) is 0.963. The summed E-state index contributed by atoms with van der Waals surface area (Å²) < 4.78 is 7.77. The van der Waals surface area contributed by atoms with E-state index >= 15 is 0 Å². The lowest BCUT2D eigenvalue weighted by Gasteiger charge is -2.13. The van der Waals surface area contributed by atoms with E-state index in [1.165, 1.54) is 29.7 Å². The van der Waals surface area contributed by atoms with Crippen LogP contribution in [-0.4, -0.2) is 17.7 Å². The summed E-state index contributed by atoms with van der Waals surface area (Å²) in [4.78, 5) is 0. The zero-order chi connectivity index (χ0) is 13.9. The second-order valence-corrected chi connectivity index (χ2v) is 5.60. The van der Waals surface area contributed by atoms with E-state index in [1.807, 2.05) is 0 Å². The first kappa shape index (κ1) is 13.3. The van der Waals surface area contributed by atoms with Gasteiger partial charge in [0.1, 0.15) is 5.75 Å². The van der Waals surface area contributed by atoms with Gasteiger partial charge in [-0.1, -0.05) is 17.7 Å². The second kappa shape index (κ2) is 5.71. The first-order chi connectivity index (χ1) is 9.76. The van der Waals surface area contributed by atoms with Gasteiger partial charge in [0.15, 0.2) is 0 Å². The van der Waals surface area contributed by atoms with Crippen molar-refractivity contribution in [1.29, 1.82) is 0 Å². The Bertz CT molecular complexity index is 584. The molecule has 0 unspecified atom stereocenters. The zero-order valence-corrected chi connectivity index (χ0v) is 12.2. The van der Waals surface area contributed by atoms with Gasteiger partial charge in [-0.2, -0.15) is 0 Å². The molecule has 1 aromatic heterocycles. The summed E-state index contributed by atoms with van der Waals surface area (Å²) in [6, 6.07) is 11.4. The Morgan fingerprint density at radius 2 is 2.15 bits per heavy atom. The smallest absolute Gasteiger partial charge is 0.123 e. The molecule has 3 heteroatoms. The molecule has 0 saturated heterocycles. The lowest BCUT2D eigenvalue weighted by atomic mass is 10.1. The molecule has 2 aromatic rings. The molecule has 1 fully saturated rings. The number of rotatable bonds is 6. The molecule has 106 valence electrons. The number of methoxy groups -OCH3 is 1. The van der Waals surface area contributed by atoms with Crippen LogP contribution >= 0.6 is 0 Å². The molecular weight excluding hydrogens is 248 g/mol. The zero-order valence-electron chi connectivity index (χ0n) is 12.2. The van der Waals surface area contributed by atoms with Crippen LogP contribution in [0.2, 0.25) is 0 Å². The first-order valence-electron chi connectivity index (χ1n) is 7.27. The normalized spacial score (nSPS) is 14.5. The molecule has 0 atom stereocenters. The molecule has 1 aliphatic carbocycles. The summed E-state index contributed by atoms with van der Waals surface area (Å²) in [7, 11) is 1.74. The van der Waals surface area contributed by atoms with Crippen molar-refractivity contribution in [3.8, 4) is 5.75 Å². The van der Waals surface area contributed by atoms with Gasteiger partial charge in [0.2, 0.25) is 0 Å². The minimum absolute atomic E-state index is 0.742. The van der Waals surface area contributed by atoms with Crippen LogP contribution in [-0.2, 0) is 13.1 Å². The highest BCUT2D eigenvalue weighted by atomic mass is 16.5. The highest BCUT2D eigenvalue weighted by Gasteiger charge is 2.20. The Morgan fingerprint density at radius 1 is 1.30 bits per heavy atom. The predicted molar refractivity (Wildman–Crippen MR) is 81.1 cm³/mol. The van der Waals surface area contributed by atoms with E-state index in [9.17, 15) is 0 Å². The van der Waals surface area contributed by atoms with Crippen LogP contribution in [0.3, 0.4) is 0 Å². The first-order valence-corrected chi connectivity index (χ1v) is 7.27. The number of ether oxygens (including phenoxy) is 1. The van der Waals surface area contributed by atoms with Gasteiger partial charge >= 0.3 is 0 Å². The minimum Gasteiger partial charge on any atom is -0.496 e. The summed E-state index contributed by atoms with van der Waals surface area (Å²) >= 11 is 0. The van der Waals surface area contributed by atoms with E-state index in [4.69, 9.17) is 4.74 Å². The fraction of sp³-hybridized carbons (Fsp3) is 0.412. The van der Waals surface area contributed by atoms with Crippen LogP contribution in [0.25, 0.3) is 0 Å². The quantitative estimate of drug-likeness (QED) is 0.873. The SMILES string of the molecule is COc1ccc(C)cc1Cn1cccc1CNC1CC1. The predicted octanol–water partition coefficient (Wildman–Crippen LogP) is 3.11. The molecule has 0 bridgehead atoms. The average Bonchev–Trinajstić information content (AvgIpc) is 3.17. The number of hydrogen-bond acceptors (Lipinski definition) is 2. The van der Waals surface area contributed by atoms with Crippen molar-refractivity contribution in [3.63, 3.8) is 0 Å². The lowest BCUT2D eigenvalue weighted by molar-refractivity contribution is 0.408. The Morgan fingerprint density at radius 3 is 2.90 bits per heavy atom. The fourth-order valence-corrected chi connectivity index (χ4v) is 2.52. The summed E-state index contributed by atoms with van der Waals surface area (Å²) in [6.45, 7) is 3.93. The van der Waals surface area contributed by atoms with Crippen LogP contribution in [0, 0.1) is 6.92 Å². The van der Waals surface area contributed by atoms with Gasteiger partial charge in [0.05, 0.1) is 13.7 Å². The van der Waals surface area contributed by atoms with Crippen molar-refractivity contribution in [2.45, 2.75) is 38.9 Å². The third-order valence-electron chi connectivity index (χ3n) is 3.85. The maximum Gasteiger partial charge on any atom is 0.123 e. The third kappa shape index (κ3) is 3.05. The van der Waals surface area contributed by atoms with E-state index in [0.29, 0.717) is 0 Å². The highest BCUT2D eigenvalue weighted by molar-refractivity contribution is 5.37. The number of aromatic nitrogens is 1. The maximum atomic E-state index is 5.47. The van der Waals surface area contributed by atoms with Crippen molar-refractivity contribution in [3.05, 3.63) is 53.3 Å². The van der Waals surface area contributed by atoms with E-state index in [2.05, 4.69) is 53.3 Å². The van der Waals surface area contributed by atoms with Crippen LogP contribution in [0.5, 0.6) is 5.75 Å². The number of nitrogens with one attached hydrogen (secondary N) is 1. The molecule has 0 aliphatic heterocycles. The maximum absolute atomic E-state index is 5.47. The second-order valence-electron chi connectivity index (χ2n) is 5.60. The molecule has 0 amide bonds. The van der Waals surface area contributed by atoms with E-state index in [1.54, 1.807) is 7.11 Å². The monoisotopic (exact) mass is 270 g/mol. The molecule has 1 heterocycles. The number of aryl methyl sites for hydroxylation is 1. The standard InChI is InChI=1S/C17H22N2O/c1-13-5-8-17(20-2)14(10-13)12-19-9-3-4-16(19)11-18-15-6-7-15/h3-5,8-10,15,18H,6-7,11-12H2,1-2H3. The van der Waals surface area contributed by atoms with E-state index in [0.717, 1.165) is 24.9 Å². The Labute approximate surface area is 120 Å². The molecule has 3 nitrogen and oxygen atoms in total. The van der Waals surface area contributed by atoms with Gasteiger partial charge in [-0.25, -0.2) is 0 Å². The number of nitrogens with zero attached hydrogens (tertiary/aromatic N) is 1. The van der Waals surface area contributed by atoms with Crippen molar-refractivity contribution < 1.29 is 4.74 Å². The lowest BCUT2D eigenvalue weighted by Crippen LogP contribution is -2.18. The minimum atomic E-state index is 0.742. The van der Waals surface area contributed by atoms with Crippen molar-refractivity contribution in [1.82, 2.24) is 9.88 Å². The number of benzene rings is 1. The van der Waals surface area contributed by atoms with Gasteiger partial charge in [-0.3, -0.25) is 0 Å². The Hall–Kier alpha value is -1.74. The van der Waals surface area contributed by atoms with Crippen LogP contribution in [0.1, 0.15) is 29.7 Å². The highest BCUT2D eigenvalue weighted by Crippen LogP contribution is 2.22. The molecule has 1 aromatic carbocycles. The van der Waals surface area contributed by atoms with Crippen molar-refractivity contribution >= 4 is 0 Å². The fourth-order valence-electron chi connectivity index (χ4n) is 2.52. The molecule has 1 aliphatic rings. The van der Waals surface area contributed by atoms with Crippen molar-refractivity contribution in [2.75, 3.05) is 7.11 Å². The average molecular weight is 270 g/mol. The topological polar surface area (TPSA) is 26.2 Å². The van der Waals surface area contributed by atoms with Gasteiger partial charge in [-0.15, -0.1) is 0 Å². The molecule has 20 heavy (non-hydrogen) atoms. The number of hydrogen-bond donors (Lipinski definition) is 1. The molecule has 3 rings (SSSR count).